The first-order valence-corrected chi connectivity index (χ1v) is 15.7. The molecule has 4 rings (SSSR count). The van der Waals surface area contributed by atoms with Crippen molar-refractivity contribution in [3.05, 3.63) is 41.5 Å². The normalized spacial score (nSPS) is 26.4. The summed E-state index contributed by atoms with van der Waals surface area (Å²) in [4.78, 5) is 14.1. The zero-order valence-corrected chi connectivity index (χ0v) is 23.9. The summed E-state index contributed by atoms with van der Waals surface area (Å²) in [5, 5.41) is 10.2. The average molecular weight is 508 g/mol. The third-order valence-electron chi connectivity index (χ3n) is 10.1. The van der Waals surface area contributed by atoms with Gasteiger partial charge in [0.1, 0.15) is 5.75 Å². The molecule has 37 heavy (non-hydrogen) atoms. The third-order valence-corrected chi connectivity index (χ3v) is 10.1. The number of phenolic OH excluding ortho intramolecular Hbond substituents is 1. The van der Waals surface area contributed by atoms with Gasteiger partial charge in [0, 0.05) is 20.0 Å². The van der Waals surface area contributed by atoms with E-state index in [4.69, 9.17) is 0 Å². The molecule has 2 fully saturated rings. The van der Waals surface area contributed by atoms with Crippen molar-refractivity contribution < 1.29 is 9.90 Å². The number of aromatic hydroxyl groups is 1. The van der Waals surface area contributed by atoms with E-state index in [2.05, 4.69) is 25.6 Å². The second-order valence-electron chi connectivity index (χ2n) is 12.6. The first-order chi connectivity index (χ1) is 18.0. The van der Waals surface area contributed by atoms with Crippen LogP contribution in [0.4, 0.5) is 0 Å². The predicted octanol–water partition coefficient (Wildman–Crippen LogP) is 8.80. The van der Waals surface area contributed by atoms with Gasteiger partial charge in [0.15, 0.2) is 0 Å². The molecule has 1 aromatic rings. The van der Waals surface area contributed by atoms with Gasteiger partial charge in [-0.05, 0) is 104 Å². The molecule has 0 aliphatic heterocycles. The molecule has 3 nitrogen and oxygen atoms in total. The molecule has 0 radical (unpaired) electrons. The standard InChI is InChI=1S/C34H53NO2/c1-4-5-22-35(3)33(37)15-13-11-9-7-6-8-10-12-14-26-23-27-24-28(36)17-19-30(27)32-21-20-29-25(2)16-18-31(29)34(26)32/h17,19,24,26,29,31-32,34,36H,2,4-16,18,20-23H2,1,3H3/t26-,29?,31?,32?,34?/m1/s1. The summed E-state index contributed by atoms with van der Waals surface area (Å²) < 4.78 is 0. The number of unbranched alkanes of at least 4 members (excludes halogenated alkanes) is 8. The molecule has 3 aliphatic rings. The van der Waals surface area contributed by atoms with Crippen LogP contribution in [0.15, 0.2) is 30.4 Å². The molecule has 4 unspecified atom stereocenters. The fourth-order valence-electron chi connectivity index (χ4n) is 8.11. The number of phenols is 1. The van der Waals surface area contributed by atoms with E-state index in [0.29, 0.717) is 17.6 Å². The van der Waals surface area contributed by atoms with Gasteiger partial charge in [-0.2, -0.15) is 0 Å². The number of allylic oxidation sites excluding steroid dienone is 1. The summed E-state index contributed by atoms with van der Waals surface area (Å²) in [6.45, 7) is 7.53. The Bertz CT molecular complexity index is 892. The first-order valence-electron chi connectivity index (χ1n) is 15.7. The van der Waals surface area contributed by atoms with Gasteiger partial charge in [-0.15, -0.1) is 0 Å². The second-order valence-corrected chi connectivity index (χ2v) is 12.6. The number of nitrogens with zero attached hydrogens (tertiary/aromatic N) is 1. The van der Waals surface area contributed by atoms with Gasteiger partial charge < -0.3 is 10.0 Å². The fraction of sp³-hybridized carbons (Fsp3) is 0.735. The second kappa shape index (κ2) is 13.9. The lowest BCUT2D eigenvalue weighted by atomic mass is 9.56. The van der Waals surface area contributed by atoms with Crippen LogP contribution in [0.3, 0.4) is 0 Å². The maximum Gasteiger partial charge on any atom is 0.222 e. The van der Waals surface area contributed by atoms with Crippen LogP contribution in [-0.2, 0) is 11.2 Å². The molecule has 1 aromatic carbocycles. The van der Waals surface area contributed by atoms with Crippen LogP contribution in [0, 0.1) is 23.7 Å². The predicted molar refractivity (Wildman–Crippen MR) is 155 cm³/mol. The van der Waals surface area contributed by atoms with Gasteiger partial charge in [0.25, 0.3) is 0 Å². The third kappa shape index (κ3) is 7.21. The van der Waals surface area contributed by atoms with Crippen LogP contribution in [-0.4, -0.2) is 29.5 Å². The molecule has 2 saturated carbocycles. The van der Waals surface area contributed by atoms with Crippen molar-refractivity contribution in [2.24, 2.45) is 23.7 Å². The van der Waals surface area contributed by atoms with Crippen molar-refractivity contribution in [3.8, 4) is 5.75 Å². The molecular formula is C34H53NO2. The topological polar surface area (TPSA) is 40.5 Å². The summed E-state index contributed by atoms with van der Waals surface area (Å²) in [5.74, 6) is 4.66. The Labute approximate surface area is 227 Å². The molecular weight excluding hydrogens is 454 g/mol. The number of benzene rings is 1. The van der Waals surface area contributed by atoms with Crippen LogP contribution in [0.1, 0.15) is 127 Å². The summed E-state index contributed by atoms with van der Waals surface area (Å²) >= 11 is 0. The molecule has 5 atom stereocenters. The Kier molecular flexibility index (Phi) is 10.6. The van der Waals surface area contributed by atoms with E-state index in [0.717, 1.165) is 62.3 Å². The minimum atomic E-state index is 0.322. The van der Waals surface area contributed by atoms with Crippen molar-refractivity contribution in [2.75, 3.05) is 13.6 Å². The Morgan fingerprint density at radius 3 is 2.43 bits per heavy atom. The lowest BCUT2D eigenvalue weighted by Crippen LogP contribution is -2.40. The minimum Gasteiger partial charge on any atom is -0.508 e. The average Bonchev–Trinajstić information content (AvgIpc) is 3.28. The molecule has 0 aromatic heterocycles. The lowest BCUT2D eigenvalue weighted by molar-refractivity contribution is -0.130. The Balaban J connectivity index is 1.16. The SMILES string of the molecule is C=C1CCC2C1CCC1c3ccc(O)cc3C[C@@H](CCCCCCCCCCC(=O)N(C)CCCC)C12. The van der Waals surface area contributed by atoms with E-state index in [1.54, 1.807) is 5.56 Å². The lowest BCUT2D eigenvalue weighted by Gasteiger charge is -2.48. The summed E-state index contributed by atoms with van der Waals surface area (Å²) in [7, 11) is 1.95. The van der Waals surface area contributed by atoms with E-state index in [9.17, 15) is 9.90 Å². The molecule has 0 saturated heterocycles. The van der Waals surface area contributed by atoms with E-state index in [-0.39, 0.29) is 0 Å². The quantitative estimate of drug-likeness (QED) is 0.202. The van der Waals surface area contributed by atoms with Crippen molar-refractivity contribution in [3.63, 3.8) is 0 Å². The number of fused-ring (bicyclic) bond motifs is 5. The monoisotopic (exact) mass is 507 g/mol. The molecule has 3 aliphatic carbocycles. The van der Waals surface area contributed by atoms with Gasteiger partial charge in [-0.1, -0.05) is 76.5 Å². The van der Waals surface area contributed by atoms with Gasteiger partial charge in [-0.25, -0.2) is 0 Å². The molecule has 1 N–H and O–H groups in total. The van der Waals surface area contributed by atoms with Crippen LogP contribution in [0.25, 0.3) is 0 Å². The zero-order valence-electron chi connectivity index (χ0n) is 23.9. The summed E-state index contributed by atoms with van der Waals surface area (Å²) in [6.07, 6.45) is 20.9. The highest BCUT2D eigenvalue weighted by Gasteiger charge is 2.48. The number of carbonyl (C=O) groups excluding carboxylic acids is 1. The maximum absolute atomic E-state index is 12.1. The zero-order chi connectivity index (χ0) is 26.2. The van der Waals surface area contributed by atoms with Crippen molar-refractivity contribution >= 4 is 5.91 Å². The molecule has 206 valence electrons. The smallest absolute Gasteiger partial charge is 0.222 e. The highest BCUT2D eigenvalue weighted by molar-refractivity contribution is 5.75. The summed E-state index contributed by atoms with van der Waals surface area (Å²) in [5.41, 5.74) is 4.51. The van der Waals surface area contributed by atoms with Crippen molar-refractivity contribution in [1.82, 2.24) is 4.90 Å². The van der Waals surface area contributed by atoms with Crippen LogP contribution < -0.4 is 0 Å². The molecule has 3 heteroatoms. The molecule has 0 bridgehead atoms. The van der Waals surface area contributed by atoms with Gasteiger partial charge in [-0.3, -0.25) is 4.79 Å². The van der Waals surface area contributed by atoms with Crippen LogP contribution >= 0.6 is 0 Å². The maximum atomic E-state index is 12.1. The fourth-order valence-corrected chi connectivity index (χ4v) is 8.11. The molecule has 0 spiro atoms. The van der Waals surface area contributed by atoms with Crippen LogP contribution in [0.5, 0.6) is 5.75 Å². The number of hydrogen-bond acceptors (Lipinski definition) is 2. The Hall–Kier alpha value is -1.77. The summed E-state index contributed by atoms with van der Waals surface area (Å²) in [6, 6.07) is 6.22. The highest BCUT2D eigenvalue weighted by Crippen LogP contribution is 2.58. The van der Waals surface area contributed by atoms with Gasteiger partial charge >= 0.3 is 0 Å². The first kappa shape index (κ1) is 28.2. The number of hydrogen-bond donors (Lipinski definition) is 1. The molecule has 1 amide bonds. The van der Waals surface area contributed by atoms with Gasteiger partial charge in [0.2, 0.25) is 5.91 Å². The van der Waals surface area contributed by atoms with E-state index >= 15 is 0 Å². The molecule has 0 heterocycles. The van der Waals surface area contributed by atoms with Crippen LogP contribution in [0.2, 0.25) is 0 Å². The largest absolute Gasteiger partial charge is 0.508 e. The van der Waals surface area contributed by atoms with Gasteiger partial charge in [0.05, 0.1) is 0 Å². The number of carbonyl (C=O) groups is 1. The van der Waals surface area contributed by atoms with E-state index in [1.807, 2.05) is 18.0 Å². The minimum absolute atomic E-state index is 0.322. The van der Waals surface area contributed by atoms with Crippen molar-refractivity contribution in [2.45, 2.75) is 122 Å². The Morgan fingerprint density at radius 1 is 0.973 bits per heavy atom. The Morgan fingerprint density at radius 2 is 1.68 bits per heavy atom. The number of rotatable bonds is 14. The number of amides is 1. The van der Waals surface area contributed by atoms with Crippen molar-refractivity contribution in [1.29, 1.82) is 0 Å². The van der Waals surface area contributed by atoms with E-state index in [1.165, 1.54) is 88.2 Å². The highest BCUT2D eigenvalue weighted by atomic mass is 16.3. The van der Waals surface area contributed by atoms with E-state index < -0.39 is 0 Å².